The zero-order valence-corrected chi connectivity index (χ0v) is 23.9. The SMILES string of the molecule is COc1c(C(=O)Nc2cccc(F)c2)c(=O)n(CC(C)C)c2cccc(N3CCN(C(=O)OC(C)(C)C)CC3)c12. The molecule has 0 radical (unpaired) electrons. The summed E-state index contributed by atoms with van der Waals surface area (Å²) in [6.45, 7) is 11.8. The molecular weight excluding hydrogens is 515 g/mol. The van der Waals surface area contributed by atoms with Crippen LogP contribution in [-0.4, -0.2) is 60.4 Å². The maximum absolute atomic E-state index is 13.8. The predicted molar refractivity (Wildman–Crippen MR) is 154 cm³/mol. The van der Waals surface area contributed by atoms with Gasteiger partial charge >= 0.3 is 6.09 Å². The average molecular weight is 553 g/mol. The Hall–Kier alpha value is -4.08. The van der Waals surface area contributed by atoms with Crippen LogP contribution in [0.3, 0.4) is 0 Å². The fourth-order valence-corrected chi connectivity index (χ4v) is 4.88. The Morgan fingerprint density at radius 3 is 2.33 bits per heavy atom. The predicted octanol–water partition coefficient (Wildman–Crippen LogP) is 5.11. The summed E-state index contributed by atoms with van der Waals surface area (Å²) in [5.41, 5.74) is 0.437. The first kappa shape index (κ1) is 28.9. The maximum Gasteiger partial charge on any atom is 0.410 e. The highest BCUT2D eigenvalue weighted by molar-refractivity contribution is 6.11. The van der Waals surface area contributed by atoms with Gasteiger partial charge in [-0.2, -0.15) is 0 Å². The minimum atomic E-state index is -0.684. The van der Waals surface area contributed by atoms with Gasteiger partial charge in [-0.05, 0) is 57.0 Å². The molecule has 0 aliphatic carbocycles. The molecule has 0 unspecified atom stereocenters. The lowest BCUT2D eigenvalue weighted by Gasteiger charge is -2.37. The molecule has 1 aromatic heterocycles. The Balaban J connectivity index is 1.79. The maximum atomic E-state index is 13.8. The van der Waals surface area contributed by atoms with Crippen molar-refractivity contribution in [3.63, 3.8) is 0 Å². The number of anilines is 2. The summed E-state index contributed by atoms with van der Waals surface area (Å²) in [4.78, 5) is 43.7. The van der Waals surface area contributed by atoms with Gasteiger partial charge < -0.3 is 29.2 Å². The number of ether oxygens (including phenoxy) is 2. The zero-order chi connectivity index (χ0) is 29.2. The van der Waals surface area contributed by atoms with Gasteiger partial charge in [-0.15, -0.1) is 0 Å². The monoisotopic (exact) mass is 552 g/mol. The van der Waals surface area contributed by atoms with Crippen molar-refractivity contribution in [2.75, 3.05) is 43.5 Å². The van der Waals surface area contributed by atoms with Crippen molar-refractivity contribution in [2.45, 2.75) is 46.8 Å². The van der Waals surface area contributed by atoms with Gasteiger partial charge in [0.25, 0.3) is 11.5 Å². The molecule has 1 N–H and O–H groups in total. The molecule has 2 heterocycles. The summed E-state index contributed by atoms with van der Waals surface area (Å²) in [6, 6.07) is 11.1. The lowest BCUT2D eigenvalue weighted by Crippen LogP contribution is -2.50. The lowest BCUT2D eigenvalue weighted by atomic mass is 10.0. The second-order valence-corrected chi connectivity index (χ2v) is 11.3. The molecule has 40 heavy (non-hydrogen) atoms. The number of hydrogen-bond donors (Lipinski definition) is 1. The molecule has 1 aliphatic rings. The summed E-state index contributed by atoms with van der Waals surface area (Å²) in [6.07, 6.45) is -0.357. The molecule has 0 bridgehead atoms. The van der Waals surface area contributed by atoms with Gasteiger partial charge in [-0.1, -0.05) is 26.0 Å². The Morgan fingerprint density at radius 1 is 1.05 bits per heavy atom. The number of benzene rings is 2. The highest BCUT2D eigenvalue weighted by atomic mass is 19.1. The third-order valence-electron chi connectivity index (χ3n) is 6.56. The number of methoxy groups -OCH3 is 1. The second-order valence-electron chi connectivity index (χ2n) is 11.3. The molecule has 1 saturated heterocycles. The highest BCUT2D eigenvalue weighted by Gasteiger charge is 2.30. The molecule has 0 atom stereocenters. The number of carbonyl (C=O) groups excluding carboxylic acids is 2. The van der Waals surface area contributed by atoms with Gasteiger partial charge in [0.2, 0.25) is 0 Å². The van der Waals surface area contributed by atoms with Gasteiger partial charge in [-0.25, -0.2) is 9.18 Å². The van der Waals surface area contributed by atoms with Crippen molar-refractivity contribution in [1.29, 1.82) is 0 Å². The third-order valence-corrected chi connectivity index (χ3v) is 6.56. The molecule has 3 aromatic rings. The van der Waals surface area contributed by atoms with E-state index in [9.17, 15) is 18.8 Å². The van der Waals surface area contributed by atoms with E-state index in [1.165, 1.54) is 25.3 Å². The number of aromatic nitrogens is 1. The molecule has 1 aliphatic heterocycles. The van der Waals surface area contributed by atoms with Crippen LogP contribution >= 0.6 is 0 Å². The molecule has 2 aromatic carbocycles. The van der Waals surface area contributed by atoms with E-state index in [0.717, 1.165) is 5.69 Å². The highest BCUT2D eigenvalue weighted by Crippen LogP contribution is 2.37. The van der Waals surface area contributed by atoms with Crippen LogP contribution < -0.4 is 20.5 Å². The first-order valence-electron chi connectivity index (χ1n) is 13.4. The molecule has 1 fully saturated rings. The summed E-state index contributed by atoms with van der Waals surface area (Å²) in [7, 11) is 1.43. The Bertz CT molecular complexity index is 1470. The molecule has 2 amide bonds. The van der Waals surface area contributed by atoms with E-state index >= 15 is 0 Å². The van der Waals surface area contributed by atoms with Gasteiger partial charge in [0.15, 0.2) is 0 Å². The normalized spacial score (nSPS) is 14.0. The van der Waals surface area contributed by atoms with E-state index in [4.69, 9.17) is 9.47 Å². The minimum absolute atomic E-state index is 0.120. The molecule has 10 heteroatoms. The third kappa shape index (κ3) is 6.21. The summed E-state index contributed by atoms with van der Waals surface area (Å²) in [5, 5.41) is 3.28. The topological polar surface area (TPSA) is 93.1 Å². The van der Waals surface area contributed by atoms with Gasteiger partial charge in [-0.3, -0.25) is 9.59 Å². The number of carbonyl (C=O) groups is 2. The number of piperazine rings is 1. The Labute approximate surface area is 233 Å². The Morgan fingerprint density at radius 2 is 1.73 bits per heavy atom. The standard InChI is InChI=1S/C30H37FN4O5/c1-19(2)18-35-23-12-8-11-22(33-13-15-34(16-14-33)29(38)40-30(3,4)5)24(23)26(39-6)25(28(35)37)27(36)32-21-10-7-9-20(31)17-21/h7-12,17,19H,13-16,18H2,1-6H3,(H,32,36). The summed E-state index contributed by atoms with van der Waals surface area (Å²) in [5.74, 6) is -0.918. The summed E-state index contributed by atoms with van der Waals surface area (Å²) >= 11 is 0. The van der Waals surface area contributed by atoms with E-state index in [1.807, 2.05) is 52.8 Å². The quantitative estimate of drug-likeness (QED) is 0.457. The van der Waals surface area contributed by atoms with E-state index in [0.29, 0.717) is 43.6 Å². The first-order chi connectivity index (χ1) is 18.9. The summed E-state index contributed by atoms with van der Waals surface area (Å²) < 4.78 is 26.7. The van der Waals surface area contributed by atoms with E-state index < -0.39 is 22.9 Å². The number of fused-ring (bicyclic) bond motifs is 1. The number of nitrogens with zero attached hydrogens (tertiary/aromatic N) is 3. The van der Waals surface area contributed by atoms with Crippen molar-refractivity contribution >= 4 is 34.3 Å². The number of rotatable bonds is 6. The van der Waals surface area contributed by atoms with E-state index in [1.54, 1.807) is 15.5 Å². The largest absolute Gasteiger partial charge is 0.495 e. The number of pyridine rings is 1. The average Bonchev–Trinajstić information content (AvgIpc) is 2.88. The van der Waals surface area contributed by atoms with Crippen LogP contribution in [0, 0.1) is 11.7 Å². The smallest absolute Gasteiger partial charge is 0.410 e. The van der Waals surface area contributed by atoms with Crippen molar-refractivity contribution < 1.29 is 23.5 Å². The molecule has 9 nitrogen and oxygen atoms in total. The van der Waals surface area contributed by atoms with Crippen LogP contribution in [0.5, 0.6) is 5.75 Å². The number of hydrogen-bond acceptors (Lipinski definition) is 6. The number of amides is 2. The van der Waals surface area contributed by atoms with Crippen LogP contribution in [-0.2, 0) is 11.3 Å². The molecule has 4 rings (SSSR count). The van der Waals surface area contributed by atoms with Gasteiger partial charge in [0.1, 0.15) is 22.7 Å². The molecular formula is C30H37FN4O5. The van der Waals surface area contributed by atoms with Crippen molar-refractivity contribution in [1.82, 2.24) is 9.47 Å². The van der Waals surface area contributed by atoms with Gasteiger partial charge in [0.05, 0.1) is 18.0 Å². The van der Waals surface area contributed by atoms with Crippen molar-refractivity contribution in [3.05, 3.63) is 64.2 Å². The zero-order valence-electron chi connectivity index (χ0n) is 23.9. The number of halogens is 1. The molecule has 0 saturated carbocycles. The van der Waals surface area contributed by atoms with Crippen molar-refractivity contribution in [2.24, 2.45) is 5.92 Å². The van der Waals surface area contributed by atoms with Crippen molar-refractivity contribution in [3.8, 4) is 5.75 Å². The van der Waals surface area contributed by atoms with Crippen LogP contribution in [0.1, 0.15) is 45.0 Å². The molecule has 0 spiro atoms. The lowest BCUT2D eigenvalue weighted by molar-refractivity contribution is 0.0240. The fourth-order valence-electron chi connectivity index (χ4n) is 4.88. The van der Waals surface area contributed by atoms with E-state index in [2.05, 4.69) is 10.2 Å². The van der Waals surface area contributed by atoms with Crippen LogP contribution in [0.25, 0.3) is 10.9 Å². The fraction of sp³-hybridized carbons (Fsp3) is 0.433. The second kappa shape index (κ2) is 11.6. The number of nitrogens with one attached hydrogen (secondary N) is 1. The Kier molecular flexibility index (Phi) is 8.37. The minimum Gasteiger partial charge on any atom is -0.495 e. The van der Waals surface area contributed by atoms with Crippen LogP contribution in [0.2, 0.25) is 0 Å². The van der Waals surface area contributed by atoms with Crippen LogP contribution in [0.15, 0.2) is 47.3 Å². The van der Waals surface area contributed by atoms with Gasteiger partial charge in [0, 0.05) is 44.1 Å². The first-order valence-corrected chi connectivity index (χ1v) is 13.4. The van der Waals surface area contributed by atoms with E-state index in [-0.39, 0.29) is 29.0 Å². The molecule has 214 valence electrons. The van der Waals surface area contributed by atoms with Crippen LogP contribution in [0.4, 0.5) is 20.6 Å².